The van der Waals surface area contributed by atoms with Crippen LogP contribution in [-0.4, -0.2) is 52.0 Å². The lowest BCUT2D eigenvalue weighted by Crippen LogP contribution is -2.33. The lowest BCUT2D eigenvalue weighted by molar-refractivity contribution is -0.119. The first-order chi connectivity index (χ1) is 14.5. The number of hydrogen-bond acceptors (Lipinski definition) is 6. The molecule has 30 heavy (non-hydrogen) atoms. The molecule has 4 rings (SSSR count). The first-order valence-electron chi connectivity index (χ1n) is 9.13. The molecule has 0 unspecified atom stereocenters. The second kappa shape index (κ2) is 7.82. The van der Waals surface area contributed by atoms with Gasteiger partial charge in [-0.05, 0) is 35.9 Å². The number of halogens is 1. The van der Waals surface area contributed by atoms with E-state index in [1.165, 1.54) is 30.3 Å². The van der Waals surface area contributed by atoms with E-state index in [0.29, 0.717) is 28.2 Å². The van der Waals surface area contributed by atoms with Gasteiger partial charge in [-0.15, -0.1) is 0 Å². The van der Waals surface area contributed by atoms with E-state index < -0.39 is 18.0 Å². The number of cyclic esters (lactones) is 1. The number of pyridine rings is 1. The summed E-state index contributed by atoms with van der Waals surface area (Å²) in [5, 5.41) is 14.3. The van der Waals surface area contributed by atoms with Crippen LogP contribution in [0.2, 0.25) is 0 Å². The number of fused-ring (bicyclic) bond motifs is 1. The number of aromatic nitrogens is 2. The largest absolute Gasteiger partial charge is 0.442 e. The number of oxime groups is 1. The second-order valence-corrected chi connectivity index (χ2v) is 6.79. The van der Waals surface area contributed by atoms with Crippen molar-refractivity contribution in [1.29, 1.82) is 0 Å². The predicted octanol–water partition coefficient (Wildman–Crippen LogP) is 2.41. The highest BCUT2D eigenvalue weighted by atomic mass is 19.1. The van der Waals surface area contributed by atoms with Crippen LogP contribution in [0.1, 0.15) is 12.6 Å². The molecule has 0 radical (unpaired) electrons. The van der Waals surface area contributed by atoms with Crippen molar-refractivity contribution < 1.29 is 23.9 Å². The van der Waals surface area contributed by atoms with Gasteiger partial charge in [-0.3, -0.25) is 14.1 Å². The molecule has 1 aromatic carbocycles. The Hall–Kier alpha value is -3.95. The third-order valence-electron chi connectivity index (χ3n) is 4.76. The Labute approximate surface area is 170 Å². The van der Waals surface area contributed by atoms with Crippen LogP contribution in [0.15, 0.2) is 47.9 Å². The Kier molecular flexibility index (Phi) is 5.05. The molecule has 1 saturated heterocycles. The number of carbonyl (C=O) groups is 2. The number of imidazole rings is 1. The molecule has 0 bridgehead atoms. The van der Waals surface area contributed by atoms with Crippen LogP contribution in [-0.2, 0) is 9.53 Å². The zero-order valence-electron chi connectivity index (χ0n) is 15.9. The van der Waals surface area contributed by atoms with Crippen molar-refractivity contribution in [1.82, 2.24) is 14.7 Å². The number of rotatable bonds is 5. The molecule has 3 aromatic rings. The Balaban J connectivity index is 1.57. The second-order valence-electron chi connectivity index (χ2n) is 6.79. The van der Waals surface area contributed by atoms with Crippen molar-refractivity contribution in [3.8, 4) is 11.1 Å². The molecular formula is C20H18FN5O4. The zero-order valence-corrected chi connectivity index (χ0v) is 15.9. The van der Waals surface area contributed by atoms with Gasteiger partial charge in [-0.1, -0.05) is 5.16 Å². The molecule has 1 fully saturated rings. The predicted molar refractivity (Wildman–Crippen MR) is 106 cm³/mol. The van der Waals surface area contributed by atoms with Gasteiger partial charge in [0.2, 0.25) is 5.91 Å². The molecule has 1 atom stereocenters. The average molecular weight is 411 g/mol. The fourth-order valence-electron chi connectivity index (χ4n) is 3.32. The van der Waals surface area contributed by atoms with Crippen LogP contribution < -0.4 is 10.2 Å². The summed E-state index contributed by atoms with van der Waals surface area (Å²) in [5.41, 5.74) is 2.47. The maximum atomic E-state index is 14.9. The van der Waals surface area contributed by atoms with Gasteiger partial charge in [-0.25, -0.2) is 14.2 Å². The van der Waals surface area contributed by atoms with Gasteiger partial charge in [0, 0.05) is 18.7 Å². The minimum absolute atomic E-state index is 0.200. The Morgan fingerprint density at radius 2 is 2.27 bits per heavy atom. The minimum atomic E-state index is -0.589. The lowest BCUT2D eigenvalue weighted by Gasteiger charge is -2.14. The Morgan fingerprint density at radius 3 is 3.00 bits per heavy atom. The summed E-state index contributed by atoms with van der Waals surface area (Å²) in [7, 11) is 0. The third kappa shape index (κ3) is 3.66. The fraction of sp³-hybridized carbons (Fsp3) is 0.200. The van der Waals surface area contributed by atoms with Crippen molar-refractivity contribution in [2.45, 2.75) is 13.0 Å². The van der Waals surface area contributed by atoms with E-state index in [-0.39, 0.29) is 19.0 Å². The van der Waals surface area contributed by atoms with Crippen LogP contribution in [0.25, 0.3) is 16.8 Å². The maximum absolute atomic E-state index is 14.9. The number of ether oxygens (including phenoxy) is 1. The SMILES string of the molecule is CC(=O)NC[C@H]1CN(c2ccc(-c3ccn4c(/C=N/O)cnc4c3)c(F)c2)C(=O)O1. The quantitative estimate of drug-likeness (QED) is 0.381. The van der Waals surface area contributed by atoms with Gasteiger partial charge in [0.25, 0.3) is 0 Å². The van der Waals surface area contributed by atoms with Gasteiger partial charge >= 0.3 is 6.09 Å². The molecule has 1 aliphatic rings. The molecule has 9 nitrogen and oxygen atoms in total. The van der Waals surface area contributed by atoms with Crippen molar-refractivity contribution in [2.75, 3.05) is 18.0 Å². The summed E-state index contributed by atoms with van der Waals surface area (Å²) in [6.07, 6.45) is 3.41. The van der Waals surface area contributed by atoms with Gasteiger partial charge in [0.05, 0.1) is 36.9 Å². The lowest BCUT2D eigenvalue weighted by atomic mass is 10.1. The minimum Gasteiger partial charge on any atom is -0.442 e. The van der Waals surface area contributed by atoms with E-state index in [4.69, 9.17) is 9.94 Å². The first-order valence-corrected chi connectivity index (χ1v) is 9.13. The van der Waals surface area contributed by atoms with Crippen molar-refractivity contribution in [2.24, 2.45) is 5.16 Å². The number of nitrogens with one attached hydrogen (secondary N) is 1. The Bertz CT molecular complexity index is 1160. The molecule has 2 N–H and O–H groups in total. The molecule has 10 heteroatoms. The van der Waals surface area contributed by atoms with Crippen molar-refractivity contribution in [3.63, 3.8) is 0 Å². The molecule has 3 heterocycles. The van der Waals surface area contributed by atoms with Crippen LogP contribution >= 0.6 is 0 Å². The third-order valence-corrected chi connectivity index (χ3v) is 4.76. The monoisotopic (exact) mass is 411 g/mol. The fourth-order valence-corrected chi connectivity index (χ4v) is 3.32. The highest BCUT2D eigenvalue weighted by molar-refractivity contribution is 5.90. The van der Waals surface area contributed by atoms with E-state index in [1.54, 1.807) is 34.9 Å². The molecule has 0 spiro atoms. The highest BCUT2D eigenvalue weighted by Crippen LogP contribution is 2.29. The summed E-state index contributed by atoms with van der Waals surface area (Å²) in [6, 6.07) is 7.93. The first kappa shape index (κ1) is 19.4. The summed E-state index contributed by atoms with van der Waals surface area (Å²) in [5.74, 6) is -0.719. The normalized spacial score (nSPS) is 16.4. The number of anilines is 1. The van der Waals surface area contributed by atoms with E-state index in [1.807, 2.05) is 0 Å². The summed E-state index contributed by atoms with van der Waals surface area (Å²) in [6.45, 7) is 1.79. The average Bonchev–Trinajstić information content (AvgIpc) is 3.29. The number of carbonyl (C=O) groups excluding carboxylic acids is 2. The number of nitrogens with zero attached hydrogens (tertiary/aromatic N) is 4. The van der Waals surface area contributed by atoms with E-state index >= 15 is 0 Å². The summed E-state index contributed by atoms with van der Waals surface area (Å²) < 4.78 is 21.8. The smallest absolute Gasteiger partial charge is 0.414 e. The maximum Gasteiger partial charge on any atom is 0.414 e. The molecule has 0 saturated carbocycles. The van der Waals surface area contributed by atoms with Gasteiger partial charge in [-0.2, -0.15) is 0 Å². The van der Waals surface area contributed by atoms with E-state index in [2.05, 4.69) is 15.5 Å². The Morgan fingerprint density at radius 1 is 1.43 bits per heavy atom. The van der Waals surface area contributed by atoms with Gasteiger partial charge in [0.15, 0.2) is 0 Å². The van der Waals surface area contributed by atoms with Crippen molar-refractivity contribution >= 4 is 29.5 Å². The highest BCUT2D eigenvalue weighted by Gasteiger charge is 2.32. The van der Waals surface area contributed by atoms with Crippen LogP contribution in [0.5, 0.6) is 0 Å². The summed E-state index contributed by atoms with van der Waals surface area (Å²) >= 11 is 0. The van der Waals surface area contributed by atoms with E-state index in [0.717, 1.165) is 0 Å². The molecule has 154 valence electrons. The number of benzene rings is 1. The zero-order chi connectivity index (χ0) is 21.3. The molecule has 2 aromatic heterocycles. The molecule has 1 aliphatic heterocycles. The topological polar surface area (TPSA) is 109 Å². The molecule has 2 amide bonds. The van der Waals surface area contributed by atoms with Gasteiger partial charge < -0.3 is 15.3 Å². The number of hydrogen-bond donors (Lipinski definition) is 2. The molecule has 0 aliphatic carbocycles. The summed E-state index contributed by atoms with van der Waals surface area (Å²) in [4.78, 5) is 28.7. The van der Waals surface area contributed by atoms with Crippen LogP contribution in [0.4, 0.5) is 14.9 Å². The van der Waals surface area contributed by atoms with Gasteiger partial charge in [0.1, 0.15) is 17.6 Å². The molecular weight excluding hydrogens is 393 g/mol. The van der Waals surface area contributed by atoms with E-state index in [9.17, 15) is 14.0 Å². The van der Waals surface area contributed by atoms with Crippen molar-refractivity contribution in [3.05, 3.63) is 54.2 Å². The number of amides is 2. The standard InChI is InChI=1S/C20H18FN5O4/c1-12(27)22-10-16-11-26(20(28)30-16)14-2-3-17(18(21)7-14)13-4-5-25-15(9-24-29)8-23-19(25)6-13/h2-9,16,29H,10-11H2,1H3,(H,22,27)/b24-9+/t16-/m0/s1. The van der Waals surface area contributed by atoms with Crippen LogP contribution in [0, 0.1) is 5.82 Å². The van der Waals surface area contributed by atoms with Crippen LogP contribution in [0.3, 0.4) is 0 Å².